The van der Waals surface area contributed by atoms with E-state index in [1.807, 2.05) is 0 Å². The van der Waals surface area contributed by atoms with Gasteiger partial charge in [0.25, 0.3) is 11.8 Å². The molecule has 3 rings (SSSR count). The summed E-state index contributed by atoms with van der Waals surface area (Å²) in [5, 5.41) is 4.28. The van der Waals surface area contributed by atoms with Crippen molar-refractivity contribution in [2.45, 2.75) is 18.9 Å². The fourth-order valence-corrected chi connectivity index (χ4v) is 3.70. The van der Waals surface area contributed by atoms with Gasteiger partial charge in [-0.3, -0.25) is 9.59 Å². The number of carbonyl (C=O) groups excluding carboxylic acids is 3. The fraction of sp³-hybridized carbons (Fsp3) is 0.278. The maximum atomic E-state index is 13.0. The first kappa shape index (κ1) is 19.3. The lowest BCUT2D eigenvalue weighted by molar-refractivity contribution is -0.151. The van der Waals surface area contributed by atoms with Crippen LogP contribution in [0.15, 0.2) is 35.7 Å². The predicted octanol–water partition coefficient (Wildman–Crippen LogP) is 3.33. The van der Waals surface area contributed by atoms with Crippen LogP contribution >= 0.6 is 22.9 Å². The molecule has 1 aliphatic rings. The summed E-state index contributed by atoms with van der Waals surface area (Å²) in [6, 6.07) is 6.30. The van der Waals surface area contributed by atoms with E-state index in [4.69, 9.17) is 16.3 Å². The minimum atomic E-state index is -0.707. The number of rotatable bonds is 5. The Morgan fingerprint density at radius 3 is 2.85 bits per heavy atom. The molecule has 0 saturated carbocycles. The highest BCUT2D eigenvalue weighted by Crippen LogP contribution is 2.24. The quantitative estimate of drug-likeness (QED) is 0.767. The fourth-order valence-electron chi connectivity index (χ4n) is 2.81. The highest BCUT2D eigenvalue weighted by atomic mass is 35.5. The van der Waals surface area contributed by atoms with E-state index < -0.39 is 30.3 Å². The Labute approximate surface area is 163 Å². The third-order valence-electron chi connectivity index (χ3n) is 4.07. The van der Waals surface area contributed by atoms with Gasteiger partial charge in [-0.25, -0.2) is 9.18 Å². The van der Waals surface area contributed by atoms with Crippen LogP contribution in [0.1, 0.15) is 22.5 Å². The van der Waals surface area contributed by atoms with E-state index >= 15 is 0 Å². The minimum Gasteiger partial charge on any atom is -0.454 e. The molecular formula is C18H16ClFN2O4S. The zero-order chi connectivity index (χ0) is 19.4. The summed E-state index contributed by atoms with van der Waals surface area (Å²) in [6.45, 7) is -0.0576. The molecule has 1 aliphatic heterocycles. The molecule has 0 unspecified atom stereocenters. The largest absolute Gasteiger partial charge is 0.454 e. The van der Waals surface area contributed by atoms with Gasteiger partial charge in [0.05, 0.1) is 15.6 Å². The van der Waals surface area contributed by atoms with Crippen molar-refractivity contribution in [3.05, 3.63) is 51.4 Å². The molecule has 1 saturated heterocycles. The highest BCUT2D eigenvalue weighted by molar-refractivity contribution is 7.12. The number of halogens is 2. The van der Waals surface area contributed by atoms with Gasteiger partial charge in [-0.1, -0.05) is 17.7 Å². The van der Waals surface area contributed by atoms with E-state index in [0.717, 1.165) is 12.1 Å². The summed E-state index contributed by atoms with van der Waals surface area (Å²) in [4.78, 5) is 38.8. The number of ether oxygens (including phenoxy) is 1. The number of esters is 1. The summed E-state index contributed by atoms with van der Waals surface area (Å²) in [7, 11) is 0. The molecule has 9 heteroatoms. The summed E-state index contributed by atoms with van der Waals surface area (Å²) in [5.74, 6) is -1.98. The number of amides is 2. The van der Waals surface area contributed by atoms with Crippen LogP contribution in [0.25, 0.3) is 0 Å². The van der Waals surface area contributed by atoms with Crippen LogP contribution in [-0.2, 0) is 14.3 Å². The molecule has 142 valence electrons. The Balaban J connectivity index is 1.55. The number of hydrogen-bond donors (Lipinski definition) is 1. The summed E-state index contributed by atoms with van der Waals surface area (Å²) in [6.07, 6.45) is 1.18. The van der Waals surface area contributed by atoms with Gasteiger partial charge in [-0.2, -0.15) is 0 Å². The molecule has 1 N–H and O–H groups in total. The van der Waals surface area contributed by atoms with E-state index in [1.165, 1.54) is 22.3 Å². The van der Waals surface area contributed by atoms with Gasteiger partial charge in [-0.15, -0.1) is 11.3 Å². The molecule has 2 heterocycles. The Morgan fingerprint density at radius 1 is 1.33 bits per heavy atom. The first-order chi connectivity index (χ1) is 13.0. The van der Waals surface area contributed by atoms with E-state index in [-0.39, 0.29) is 16.6 Å². The Hall–Kier alpha value is -2.45. The third kappa shape index (κ3) is 4.64. The van der Waals surface area contributed by atoms with Crippen LogP contribution in [0.4, 0.5) is 10.1 Å². The van der Waals surface area contributed by atoms with Crippen molar-refractivity contribution in [1.82, 2.24) is 4.90 Å². The number of thiophene rings is 1. The van der Waals surface area contributed by atoms with Crippen molar-refractivity contribution in [3.8, 4) is 0 Å². The smallest absolute Gasteiger partial charge is 0.329 e. The second-order valence-electron chi connectivity index (χ2n) is 5.91. The van der Waals surface area contributed by atoms with E-state index in [9.17, 15) is 18.8 Å². The van der Waals surface area contributed by atoms with E-state index in [1.54, 1.807) is 17.5 Å². The lowest BCUT2D eigenvalue weighted by Crippen LogP contribution is -2.41. The molecule has 1 fully saturated rings. The first-order valence-electron chi connectivity index (χ1n) is 8.21. The third-order valence-corrected chi connectivity index (χ3v) is 5.24. The molecule has 27 heavy (non-hydrogen) atoms. The topological polar surface area (TPSA) is 75.7 Å². The van der Waals surface area contributed by atoms with Gasteiger partial charge in [0.1, 0.15) is 11.9 Å². The Bertz CT molecular complexity index is 859. The van der Waals surface area contributed by atoms with Gasteiger partial charge in [0.2, 0.25) is 0 Å². The number of nitrogens with zero attached hydrogens (tertiary/aromatic N) is 1. The first-order valence-corrected chi connectivity index (χ1v) is 9.47. The molecule has 6 nitrogen and oxygen atoms in total. The van der Waals surface area contributed by atoms with Crippen molar-refractivity contribution in [2.75, 3.05) is 18.5 Å². The molecule has 0 radical (unpaired) electrons. The van der Waals surface area contributed by atoms with Crippen LogP contribution in [0.3, 0.4) is 0 Å². The molecule has 1 aromatic heterocycles. The summed E-state index contributed by atoms with van der Waals surface area (Å²) >= 11 is 7.14. The summed E-state index contributed by atoms with van der Waals surface area (Å²) in [5.41, 5.74) is 0.217. The average molecular weight is 411 g/mol. The number of carbonyl (C=O) groups is 3. The molecular weight excluding hydrogens is 395 g/mol. The zero-order valence-corrected chi connectivity index (χ0v) is 15.7. The van der Waals surface area contributed by atoms with Gasteiger partial charge in [0.15, 0.2) is 6.61 Å². The van der Waals surface area contributed by atoms with Crippen LogP contribution in [-0.4, -0.2) is 41.9 Å². The van der Waals surface area contributed by atoms with Crippen LogP contribution in [0.5, 0.6) is 0 Å². The SMILES string of the molecule is O=C(COC(=O)[C@@H]1CCCN1C(=O)c1cccs1)Nc1ccc(F)cc1Cl. The standard InChI is InChI=1S/C18H16ClFN2O4S/c19-12-9-11(20)5-6-13(12)21-16(23)10-26-18(25)14-3-1-7-22(14)17(24)15-4-2-8-27-15/h2,4-6,8-9,14H,1,3,7,10H2,(H,21,23)/t14-/m0/s1. The van der Waals surface area contributed by atoms with Crippen molar-refractivity contribution in [1.29, 1.82) is 0 Å². The van der Waals surface area contributed by atoms with E-state index in [2.05, 4.69) is 5.32 Å². The molecule has 1 aromatic carbocycles. The number of anilines is 1. The van der Waals surface area contributed by atoms with Crippen LogP contribution < -0.4 is 5.32 Å². The van der Waals surface area contributed by atoms with Gasteiger partial charge in [-0.05, 0) is 42.5 Å². The van der Waals surface area contributed by atoms with Crippen molar-refractivity contribution in [3.63, 3.8) is 0 Å². The molecule has 1 atom stereocenters. The minimum absolute atomic E-state index is 0.0400. The lowest BCUT2D eigenvalue weighted by atomic mass is 10.2. The maximum absolute atomic E-state index is 13.0. The number of benzene rings is 1. The Morgan fingerprint density at radius 2 is 2.15 bits per heavy atom. The highest BCUT2D eigenvalue weighted by Gasteiger charge is 2.36. The van der Waals surface area contributed by atoms with Crippen LogP contribution in [0, 0.1) is 5.82 Å². The van der Waals surface area contributed by atoms with E-state index in [0.29, 0.717) is 24.3 Å². The van der Waals surface area contributed by atoms with Crippen molar-refractivity contribution < 1.29 is 23.5 Å². The second kappa shape index (κ2) is 8.49. The monoisotopic (exact) mass is 410 g/mol. The van der Waals surface area contributed by atoms with Gasteiger partial charge < -0.3 is 15.0 Å². The zero-order valence-electron chi connectivity index (χ0n) is 14.1. The van der Waals surface area contributed by atoms with Crippen molar-refractivity contribution >= 4 is 46.4 Å². The number of hydrogen-bond acceptors (Lipinski definition) is 5. The van der Waals surface area contributed by atoms with Gasteiger partial charge >= 0.3 is 5.97 Å². The molecule has 2 aromatic rings. The normalized spacial score (nSPS) is 16.2. The van der Waals surface area contributed by atoms with Gasteiger partial charge in [0, 0.05) is 6.54 Å². The predicted molar refractivity (Wildman–Crippen MR) is 99.4 cm³/mol. The second-order valence-corrected chi connectivity index (χ2v) is 7.27. The van der Waals surface area contributed by atoms with Crippen LogP contribution in [0.2, 0.25) is 5.02 Å². The number of likely N-dealkylation sites (tertiary alicyclic amines) is 1. The number of nitrogens with one attached hydrogen (secondary N) is 1. The molecule has 2 amide bonds. The summed E-state index contributed by atoms with van der Waals surface area (Å²) < 4.78 is 18.1. The average Bonchev–Trinajstić information content (AvgIpc) is 3.33. The Kier molecular flexibility index (Phi) is 6.08. The maximum Gasteiger partial charge on any atom is 0.329 e. The molecule has 0 spiro atoms. The molecule has 0 bridgehead atoms. The lowest BCUT2D eigenvalue weighted by Gasteiger charge is -2.22. The molecule has 0 aliphatic carbocycles. The van der Waals surface area contributed by atoms with Crippen molar-refractivity contribution in [2.24, 2.45) is 0 Å².